The third-order valence-corrected chi connectivity index (χ3v) is 2.62. The van der Waals surface area contributed by atoms with Gasteiger partial charge in [-0.1, -0.05) is 6.07 Å². The van der Waals surface area contributed by atoms with E-state index in [9.17, 15) is 14.9 Å². The molecule has 0 atom stereocenters. The Labute approximate surface area is 92.0 Å². The molecule has 0 aromatic heterocycles. The van der Waals surface area contributed by atoms with Crippen molar-refractivity contribution in [3.8, 4) is 0 Å². The lowest BCUT2D eigenvalue weighted by Crippen LogP contribution is -2.28. The highest BCUT2D eigenvalue weighted by atomic mass is 16.6. The highest BCUT2D eigenvalue weighted by molar-refractivity contribution is 5.95. The number of rotatable bonds is 2. The second-order valence-corrected chi connectivity index (χ2v) is 3.56. The molecule has 0 saturated carbocycles. The molecule has 6 heteroatoms. The van der Waals surface area contributed by atoms with Gasteiger partial charge in [0, 0.05) is 19.2 Å². The molecule has 0 radical (unpaired) electrons. The number of benzene rings is 1. The number of nitrogens with one attached hydrogen (secondary N) is 1. The van der Waals surface area contributed by atoms with Gasteiger partial charge in [-0.15, -0.1) is 0 Å². The molecule has 0 spiro atoms. The van der Waals surface area contributed by atoms with Gasteiger partial charge >= 0.3 is 6.03 Å². The van der Waals surface area contributed by atoms with E-state index in [-0.39, 0.29) is 11.7 Å². The van der Waals surface area contributed by atoms with Crippen LogP contribution in [0.4, 0.5) is 16.2 Å². The summed E-state index contributed by atoms with van der Waals surface area (Å²) >= 11 is 0. The van der Waals surface area contributed by atoms with Gasteiger partial charge in [0.15, 0.2) is 0 Å². The van der Waals surface area contributed by atoms with Crippen molar-refractivity contribution in [1.29, 1.82) is 0 Å². The summed E-state index contributed by atoms with van der Waals surface area (Å²) in [7, 11) is 0. The summed E-state index contributed by atoms with van der Waals surface area (Å²) in [5, 5.41) is 13.4. The van der Waals surface area contributed by atoms with Crippen LogP contribution >= 0.6 is 0 Å². The van der Waals surface area contributed by atoms with Gasteiger partial charge < -0.3 is 5.32 Å². The summed E-state index contributed by atoms with van der Waals surface area (Å²) < 4.78 is 0. The third kappa shape index (κ3) is 1.58. The Balaban J connectivity index is 2.45. The largest absolute Gasteiger partial charge is 0.336 e. The molecule has 1 aliphatic heterocycles. The Bertz CT molecular complexity index is 459. The molecule has 2 amide bonds. The number of nitro groups is 1. The SMILES string of the molecule is Cc1c(N2CCNC2=O)cccc1[N+](=O)[O-]. The first kappa shape index (κ1) is 10.4. The number of urea groups is 1. The van der Waals surface area contributed by atoms with Crippen LogP contribution in [0.3, 0.4) is 0 Å². The predicted octanol–water partition coefficient (Wildman–Crippen LogP) is 1.43. The molecule has 0 bridgehead atoms. The average molecular weight is 221 g/mol. The smallest absolute Gasteiger partial charge is 0.322 e. The van der Waals surface area contributed by atoms with Crippen molar-refractivity contribution in [2.24, 2.45) is 0 Å². The summed E-state index contributed by atoms with van der Waals surface area (Å²) in [4.78, 5) is 23.3. The first-order valence-corrected chi connectivity index (χ1v) is 4.90. The fourth-order valence-electron chi connectivity index (χ4n) is 1.80. The van der Waals surface area contributed by atoms with E-state index in [2.05, 4.69) is 5.32 Å². The van der Waals surface area contributed by atoms with Gasteiger partial charge in [0.25, 0.3) is 5.69 Å². The Hall–Kier alpha value is -2.11. The van der Waals surface area contributed by atoms with E-state index in [0.717, 1.165) is 0 Å². The lowest BCUT2D eigenvalue weighted by atomic mass is 10.1. The van der Waals surface area contributed by atoms with E-state index >= 15 is 0 Å². The fraction of sp³-hybridized carbons (Fsp3) is 0.300. The summed E-state index contributed by atoms with van der Waals surface area (Å²) in [6, 6.07) is 4.54. The molecule has 2 rings (SSSR count). The minimum Gasteiger partial charge on any atom is -0.336 e. The zero-order valence-corrected chi connectivity index (χ0v) is 8.77. The van der Waals surface area contributed by atoms with E-state index in [1.165, 1.54) is 11.0 Å². The molecule has 6 nitrogen and oxygen atoms in total. The van der Waals surface area contributed by atoms with Gasteiger partial charge in [0.1, 0.15) is 0 Å². The summed E-state index contributed by atoms with van der Waals surface area (Å²) in [5.41, 5.74) is 1.16. The van der Waals surface area contributed by atoms with Gasteiger partial charge in [-0.3, -0.25) is 15.0 Å². The Kier molecular flexibility index (Phi) is 2.47. The number of hydrogen-bond donors (Lipinski definition) is 1. The van der Waals surface area contributed by atoms with Crippen LogP contribution in [0.1, 0.15) is 5.56 Å². The van der Waals surface area contributed by atoms with Crippen LogP contribution in [-0.4, -0.2) is 24.0 Å². The van der Waals surface area contributed by atoms with Crippen molar-refractivity contribution < 1.29 is 9.72 Å². The Morgan fingerprint density at radius 1 is 1.50 bits per heavy atom. The monoisotopic (exact) mass is 221 g/mol. The van der Waals surface area contributed by atoms with Gasteiger partial charge in [-0.2, -0.15) is 0 Å². The molecule has 1 aromatic carbocycles. The molecule has 0 aliphatic carbocycles. The number of nitro benzene ring substituents is 1. The number of amides is 2. The second kappa shape index (κ2) is 3.80. The summed E-state index contributed by atoms with van der Waals surface area (Å²) in [6.45, 7) is 2.76. The molecular weight excluding hydrogens is 210 g/mol. The minimum atomic E-state index is -0.438. The number of hydrogen-bond acceptors (Lipinski definition) is 3. The predicted molar refractivity (Wildman–Crippen MR) is 58.6 cm³/mol. The van der Waals surface area contributed by atoms with E-state index in [0.29, 0.717) is 24.3 Å². The van der Waals surface area contributed by atoms with Crippen LogP contribution < -0.4 is 10.2 Å². The quantitative estimate of drug-likeness (QED) is 0.606. The zero-order chi connectivity index (χ0) is 11.7. The number of carbonyl (C=O) groups excluding carboxylic acids is 1. The molecule has 1 N–H and O–H groups in total. The van der Waals surface area contributed by atoms with Crippen molar-refractivity contribution in [3.63, 3.8) is 0 Å². The highest BCUT2D eigenvalue weighted by Crippen LogP contribution is 2.28. The van der Waals surface area contributed by atoms with Crippen LogP contribution in [0.25, 0.3) is 0 Å². The fourth-order valence-corrected chi connectivity index (χ4v) is 1.80. The van der Waals surface area contributed by atoms with Gasteiger partial charge in [0.2, 0.25) is 0 Å². The summed E-state index contributed by atoms with van der Waals surface area (Å²) in [6.07, 6.45) is 0. The van der Waals surface area contributed by atoms with E-state index in [1.807, 2.05) is 0 Å². The Morgan fingerprint density at radius 2 is 2.25 bits per heavy atom. The standard InChI is InChI=1S/C10H11N3O3/c1-7-8(12-6-5-11-10(12)14)3-2-4-9(7)13(15)16/h2-4H,5-6H2,1H3,(H,11,14). The van der Waals surface area contributed by atoms with Crippen LogP contribution in [0.5, 0.6) is 0 Å². The lowest BCUT2D eigenvalue weighted by molar-refractivity contribution is -0.385. The molecule has 1 fully saturated rings. The van der Waals surface area contributed by atoms with E-state index < -0.39 is 4.92 Å². The van der Waals surface area contributed by atoms with Gasteiger partial charge in [-0.25, -0.2) is 4.79 Å². The molecule has 0 unspecified atom stereocenters. The minimum absolute atomic E-state index is 0.0391. The molecule has 1 aliphatic rings. The first-order valence-electron chi connectivity index (χ1n) is 4.90. The van der Waals surface area contributed by atoms with Crippen LogP contribution in [0.15, 0.2) is 18.2 Å². The van der Waals surface area contributed by atoms with Crippen LogP contribution in [-0.2, 0) is 0 Å². The topological polar surface area (TPSA) is 75.5 Å². The number of anilines is 1. The lowest BCUT2D eigenvalue weighted by Gasteiger charge is -2.16. The molecule has 16 heavy (non-hydrogen) atoms. The van der Waals surface area contributed by atoms with Crippen molar-refractivity contribution in [2.45, 2.75) is 6.92 Å². The molecule has 1 saturated heterocycles. The van der Waals surface area contributed by atoms with Crippen molar-refractivity contribution in [1.82, 2.24) is 5.32 Å². The molecular formula is C10H11N3O3. The first-order chi connectivity index (χ1) is 7.61. The van der Waals surface area contributed by atoms with Gasteiger partial charge in [-0.05, 0) is 13.0 Å². The van der Waals surface area contributed by atoms with Crippen LogP contribution in [0.2, 0.25) is 0 Å². The highest BCUT2D eigenvalue weighted by Gasteiger charge is 2.25. The molecule has 1 aromatic rings. The molecule has 1 heterocycles. The Morgan fingerprint density at radius 3 is 2.81 bits per heavy atom. The van der Waals surface area contributed by atoms with Crippen LogP contribution in [0, 0.1) is 17.0 Å². The van der Waals surface area contributed by atoms with Crippen molar-refractivity contribution >= 4 is 17.4 Å². The van der Waals surface area contributed by atoms with E-state index in [4.69, 9.17) is 0 Å². The maximum absolute atomic E-state index is 11.5. The number of nitrogens with zero attached hydrogens (tertiary/aromatic N) is 2. The van der Waals surface area contributed by atoms with E-state index in [1.54, 1.807) is 19.1 Å². The third-order valence-electron chi connectivity index (χ3n) is 2.62. The van der Waals surface area contributed by atoms with Crippen molar-refractivity contribution in [2.75, 3.05) is 18.0 Å². The van der Waals surface area contributed by atoms with Crippen molar-refractivity contribution in [3.05, 3.63) is 33.9 Å². The maximum Gasteiger partial charge on any atom is 0.322 e. The number of carbonyl (C=O) groups is 1. The molecule has 84 valence electrons. The van der Waals surface area contributed by atoms with Gasteiger partial charge in [0.05, 0.1) is 16.2 Å². The average Bonchev–Trinajstić information content (AvgIpc) is 2.64. The summed E-state index contributed by atoms with van der Waals surface area (Å²) in [5.74, 6) is 0. The maximum atomic E-state index is 11.5. The zero-order valence-electron chi connectivity index (χ0n) is 8.77. The second-order valence-electron chi connectivity index (χ2n) is 3.56. The normalized spacial score (nSPS) is 15.1.